The molecule has 1 N–H and O–H groups in total. The average molecular weight is 267 g/mol. The van der Waals surface area contributed by atoms with Crippen molar-refractivity contribution in [2.75, 3.05) is 0 Å². The normalized spacial score (nSPS) is 10.8. The molecule has 3 aromatic rings. The maximum atomic E-state index is 11.2. The van der Waals surface area contributed by atoms with E-state index >= 15 is 0 Å². The van der Waals surface area contributed by atoms with Crippen molar-refractivity contribution in [3.05, 3.63) is 54.1 Å². The second-order valence-corrected chi connectivity index (χ2v) is 4.57. The van der Waals surface area contributed by atoms with Crippen LogP contribution in [-0.4, -0.2) is 25.4 Å². The number of carboxylic acids is 1. The Morgan fingerprint density at radius 3 is 2.70 bits per heavy atom. The minimum absolute atomic E-state index is 0.0658. The van der Waals surface area contributed by atoms with Crippen LogP contribution in [0.3, 0.4) is 0 Å². The molecule has 0 aliphatic heterocycles. The highest BCUT2D eigenvalue weighted by molar-refractivity contribution is 5.76. The Morgan fingerprint density at radius 2 is 2.00 bits per heavy atom. The number of carbonyl (C=O) groups is 1. The number of hydrogen-bond donors (Lipinski definition) is 1. The van der Waals surface area contributed by atoms with Gasteiger partial charge in [-0.25, -0.2) is 4.98 Å². The van der Waals surface area contributed by atoms with Crippen LogP contribution in [0, 0.1) is 6.92 Å². The van der Waals surface area contributed by atoms with Crippen molar-refractivity contribution in [2.45, 2.75) is 13.3 Å². The van der Waals surface area contributed by atoms with E-state index < -0.39 is 5.97 Å². The number of aromatic nitrogens is 3. The number of aryl methyl sites for hydroxylation is 1. The fraction of sp³-hybridized carbons (Fsp3) is 0.133. The SMILES string of the molecule is Cc1cccc2nc(-c3ccncc3)c(CC(=O)O)n12. The third-order valence-corrected chi connectivity index (χ3v) is 3.21. The Labute approximate surface area is 115 Å². The number of hydrogen-bond acceptors (Lipinski definition) is 3. The molecular weight excluding hydrogens is 254 g/mol. The standard InChI is InChI=1S/C15H13N3O2/c1-10-3-2-4-13-17-15(11-5-7-16-8-6-11)12(18(10)13)9-14(19)20/h2-8H,9H2,1H3,(H,19,20). The molecule has 0 aliphatic rings. The minimum atomic E-state index is -0.870. The zero-order chi connectivity index (χ0) is 14.1. The number of imidazole rings is 1. The lowest BCUT2D eigenvalue weighted by Crippen LogP contribution is -2.06. The van der Waals surface area contributed by atoms with Gasteiger partial charge in [0.2, 0.25) is 0 Å². The maximum absolute atomic E-state index is 11.2. The summed E-state index contributed by atoms with van der Waals surface area (Å²) in [7, 11) is 0. The molecule has 0 amide bonds. The van der Waals surface area contributed by atoms with Crippen molar-refractivity contribution < 1.29 is 9.90 Å². The molecule has 0 atom stereocenters. The summed E-state index contributed by atoms with van der Waals surface area (Å²) in [4.78, 5) is 19.7. The van der Waals surface area contributed by atoms with Crippen LogP contribution in [0.1, 0.15) is 11.4 Å². The first-order valence-corrected chi connectivity index (χ1v) is 6.26. The quantitative estimate of drug-likeness (QED) is 0.790. The minimum Gasteiger partial charge on any atom is -0.481 e. The topological polar surface area (TPSA) is 67.5 Å². The lowest BCUT2D eigenvalue weighted by Gasteiger charge is -2.05. The predicted octanol–water partition coefficient (Wildman–Crippen LogP) is 2.33. The van der Waals surface area contributed by atoms with E-state index in [-0.39, 0.29) is 6.42 Å². The summed E-state index contributed by atoms with van der Waals surface area (Å²) in [6.07, 6.45) is 3.29. The van der Waals surface area contributed by atoms with E-state index in [0.29, 0.717) is 11.4 Å². The van der Waals surface area contributed by atoms with Gasteiger partial charge in [-0.05, 0) is 31.2 Å². The fourth-order valence-electron chi connectivity index (χ4n) is 2.37. The molecule has 3 rings (SSSR count). The lowest BCUT2D eigenvalue weighted by atomic mass is 10.1. The average Bonchev–Trinajstić information content (AvgIpc) is 2.79. The van der Waals surface area contributed by atoms with Gasteiger partial charge >= 0.3 is 5.97 Å². The molecule has 0 radical (unpaired) electrons. The Balaban J connectivity index is 2.31. The van der Waals surface area contributed by atoms with Crippen molar-refractivity contribution >= 4 is 11.6 Å². The van der Waals surface area contributed by atoms with Gasteiger partial charge in [0.15, 0.2) is 0 Å². The van der Waals surface area contributed by atoms with Crippen molar-refractivity contribution in [1.82, 2.24) is 14.4 Å². The molecule has 0 aliphatic carbocycles. The third-order valence-electron chi connectivity index (χ3n) is 3.21. The molecule has 0 fully saturated rings. The molecular formula is C15H13N3O2. The first kappa shape index (κ1) is 12.3. The number of fused-ring (bicyclic) bond motifs is 1. The van der Waals surface area contributed by atoms with Crippen molar-refractivity contribution in [3.8, 4) is 11.3 Å². The molecule has 100 valence electrons. The Kier molecular flexibility index (Phi) is 2.95. The van der Waals surface area contributed by atoms with Crippen molar-refractivity contribution in [2.24, 2.45) is 0 Å². The second kappa shape index (κ2) is 4.77. The van der Waals surface area contributed by atoms with E-state index in [2.05, 4.69) is 9.97 Å². The summed E-state index contributed by atoms with van der Waals surface area (Å²) in [5.74, 6) is -0.870. The van der Waals surface area contributed by atoms with Crippen LogP contribution < -0.4 is 0 Å². The summed E-state index contributed by atoms with van der Waals surface area (Å²) in [6, 6.07) is 9.41. The number of pyridine rings is 2. The van der Waals surface area contributed by atoms with E-state index in [1.807, 2.05) is 41.7 Å². The molecule has 0 saturated carbocycles. The molecule has 0 aromatic carbocycles. The third kappa shape index (κ3) is 2.03. The van der Waals surface area contributed by atoms with Crippen molar-refractivity contribution in [3.63, 3.8) is 0 Å². The highest BCUT2D eigenvalue weighted by Gasteiger charge is 2.17. The Hall–Kier alpha value is -2.69. The van der Waals surface area contributed by atoms with E-state index in [0.717, 1.165) is 16.9 Å². The molecule has 3 heterocycles. The van der Waals surface area contributed by atoms with Gasteiger partial charge in [-0.2, -0.15) is 0 Å². The van der Waals surface area contributed by atoms with E-state index in [4.69, 9.17) is 5.11 Å². The van der Waals surface area contributed by atoms with Gasteiger partial charge in [-0.1, -0.05) is 6.07 Å². The predicted molar refractivity (Wildman–Crippen MR) is 74.5 cm³/mol. The highest BCUT2D eigenvalue weighted by atomic mass is 16.4. The van der Waals surface area contributed by atoms with Crippen LogP contribution in [-0.2, 0) is 11.2 Å². The van der Waals surface area contributed by atoms with Gasteiger partial charge in [0.05, 0.1) is 17.8 Å². The maximum Gasteiger partial charge on any atom is 0.309 e. The van der Waals surface area contributed by atoms with Crippen LogP contribution in [0.15, 0.2) is 42.7 Å². The van der Waals surface area contributed by atoms with Crippen LogP contribution in [0.5, 0.6) is 0 Å². The summed E-state index contributed by atoms with van der Waals surface area (Å²) in [5, 5.41) is 9.15. The summed E-state index contributed by atoms with van der Waals surface area (Å²) < 4.78 is 1.89. The zero-order valence-electron chi connectivity index (χ0n) is 10.9. The summed E-state index contributed by atoms with van der Waals surface area (Å²) >= 11 is 0. The molecule has 20 heavy (non-hydrogen) atoms. The monoisotopic (exact) mass is 267 g/mol. The molecule has 3 aromatic heterocycles. The first-order valence-electron chi connectivity index (χ1n) is 6.26. The van der Waals surface area contributed by atoms with Crippen LogP contribution in [0.2, 0.25) is 0 Å². The second-order valence-electron chi connectivity index (χ2n) is 4.57. The molecule has 0 unspecified atom stereocenters. The molecule has 0 spiro atoms. The first-order chi connectivity index (χ1) is 9.66. The largest absolute Gasteiger partial charge is 0.481 e. The summed E-state index contributed by atoms with van der Waals surface area (Å²) in [6.45, 7) is 1.94. The Morgan fingerprint density at radius 1 is 1.25 bits per heavy atom. The Bertz CT molecular complexity index is 778. The highest BCUT2D eigenvalue weighted by Crippen LogP contribution is 2.25. The number of carboxylic acid groups (broad SMARTS) is 1. The van der Waals surface area contributed by atoms with Gasteiger partial charge in [0.25, 0.3) is 0 Å². The number of nitrogens with zero attached hydrogens (tertiary/aromatic N) is 3. The van der Waals surface area contributed by atoms with E-state index in [9.17, 15) is 4.79 Å². The fourth-order valence-corrected chi connectivity index (χ4v) is 2.37. The molecule has 5 heteroatoms. The van der Waals surface area contributed by atoms with Gasteiger partial charge in [-0.15, -0.1) is 0 Å². The van der Waals surface area contributed by atoms with Gasteiger partial charge in [-0.3, -0.25) is 9.78 Å². The molecule has 5 nitrogen and oxygen atoms in total. The van der Waals surface area contributed by atoms with Gasteiger partial charge < -0.3 is 9.51 Å². The van der Waals surface area contributed by atoms with Crippen LogP contribution in [0.4, 0.5) is 0 Å². The zero-order valence-corrected chi connectivity index (χ0v) is 10.9. The van der Waals surface area contributed by atoms with Gasteiger partial charge in [0, 0.05) is 23.7 Å². The van der Waals surface area contributed by atoms with E-state index in [1.54, 1.807) is 12.4 Å². The molecule has 0 saturated heterocycles. The van der Waals surface area contributed by atoms with Crippen molar-refractivity contribution in [1.29, 1.82) is 0 Å². The van der Waals surface area contributed by atoms with Crippen LogP contribution in [0.25, 0.3) is 16.9 Å². The molecule has 0 bridgehead atoms. The lowest BCUT2D eigenvalue weighted by molar-refractivity contribution is -0.136. The smallest absolute Gasteiger partial charge is 0.309 e. The van der Waals surface area contributed by atoms with Gasteiger partial charge in [0.1, 0.15) is 5.65 Å². The summed E-state index contributed by atoms with van der Waals surface area (Å²) in [5.41, 5.74) is 3.99. The van der Waals surface area contributed by atoms with E-state index in [1.165, 1.54) is 0 Å². The van der Waals surface area contributed by atoms with Crippen LogP contribution >= 0.6 is 0 Å². The number of aliphatic carboxylic acids is 1. The number of rotatable bonds is 3.